The highest BCUT2D eigenvalue weighted by Gasteiger charge is 2.09. The number of pyridine rings is 1. The predicted octanol–water partition coefficient (Wildman–Crippen LogP) is 3.85. The number of nitrogens with one attached hydrogen (secondary N) is 1. The molecule has 0 saturated heterocycles. The Morgan fingerprint density at radius 2 is 2.22 bits per heavy atom. The number of benzene rings is 1. The molecule has 0 saturated carbocycles. The third-order valence-corrected chi connectivity index (χ3v) is 3.24. The molecule has 1 aromatic heterocycles. The van der Waals surface area contributed by atoms with Crippen LogP contribution >= 0.6 is 0 Å². The summed E-state index contributed by atoms with van der Waals surface area (Å²) in [5.41, 5.74) is 3.60. The van der Waals surface area contributed by atoms with Gasteiger partial charge in [-0.05, 0) is 50.6 Å². The molecule has 2 nitrogen and oxygen atoms in total. The summed E-state index contributed by atoms with van der Waals surface area (Å²) in [6.45, 7) is 6.05. The molecule has 1 aromatic carbocycles. The molecule has 2 aromatic rings. The van der Waals surface area contributed by atoms with E-state index in [1.807, 2.05) is 19.3 Å². The quantitative estimate of drug-likeness (QED) is 0.803. The van der Waals surface area contributed by atoms with Crippen LogP contribution in [-0.4, -0.2) is 12.0 Å². The van der Waals surface area contributed by atoms with E-state index in [9.17, 15) is 0 Å². The normalized spacial score (nSPS) is 12.6. The van der Waals surface area contributed by atoms with Crippen molar-refractivity contribution in [1.29, 1.82) is 0 Å². The summed E-state index contributed by atoms with van der Waals surface area (Å²) in [7, 11) is 2.01. The lowest BCUT2D eigenvalue weighted by molar-refractivity contribution is 0.549. The van der Waals surface area contributed by atoms with Gasteiger partial charge in [0.05, 0.1) is 5.52 Å². The molecule has 0 bridgehead atoms. The summed E-state index contributed by atoms with van der Waals surface area (Å²) >= 11 is 0. The molecule has 0 aliphatic carbocycles. The third-order valence-electron chi connectivity index (χ3n) is 3.24. The van der Waals surface area contributed by atoms with E-state index in [0.717, 1.165) is 18.4 Å². The smallest absolute Gasteiger partial charge is 0.0702 e. The van der Waals surface area contributed by atoms with Gasteiger partial charge in [-0.1, -0.05) is 17.7 Å². The second-order valence-electron chi connectivity index (χ2n) is 4.79. The molecule has 0 amide bonds. The number of fused-ring (bicyclic) bond motifs is 1. The fraction of sp³-hybridized carbons (Fsp3) is 0.312. The van der Waals surface area contributed by atoms with E-state index in [1.54, 1.807) is 0 Å². The first-order valence-corrected chi connectivity index (χ1v) is 6.37. The number of allylic oxidation sites excluding steroid dienone is 1. The second-order valence-corrected chi connectivity index (χ2v) is 4.79. The maximum atomic E-state index is 4.35. The van der Waals surface area contributed by atoms with Gasteiger partial charge in [-0.2, -0.15) is 0 Å². The molecule has 0 aliphatic rings. The maximum Gasteiger partial charge on any atom is 0.0702 e. The SMILES string of the molecule is C=C(C)CCC(NC)c1ccc2ncccc2c1. The van der Waals surface area contributed by atoms with Crippen molar-refractivity contribution >= 4 is 10.9 Å². The molecule has 1 heterocycles. The van der Waals surface area contributed by atoms with Crippen molar-refractivity contribution in [3.8, 4) is 0 Å². The molecule has 0 spiro atoms. The zero-order chi connectivity index (χ0) is 13.0. The lowest BCUT2D eigenvalue weighted by atomic mass is 9.98. The van der Waals surface area contributed by atoms with Crippen molar-refractivity contribution in [2.24, 2.45) is 0 Å². The topological polar surface area (TPSA) is 24.9 Å². The van der Waals surface area contributed by atoms with Crippen molar-refractivity contribution in [2.45, 2.75) is 25.8 Å². The van der Waals surface area contributed by atoms with Crippen LogP contribution in [0.4, 0.5) is 0 Å². The Bertz CT molecular complexity index is 546. The van der Waals surface area contributed by atoms with Gasteiger partial charge < -0.3 is 5.32 Å². The van der Waals surface area contributed by atoms with Crippen LogP contribution in [0.5, 0.6) is 0 Å². The minimum absolute atomic E-state index is 0.381. The van der Waals surface area contributed by atoms with E-state index in [2.05, 4.69) is 48.1 Å². The van der Waals surface area contributed by atoms with Gasteiger partial charge in [0.25, 0.3) is 0 Å². The molecule has 1 unspecified atom stereocenters. The summed E-state index contributed by atoms with van der Waals surface area (Å²) in [4.78, 5) is 4.35. The minimum atomic E-state index is 0.381. The molecule has 18 heavy (non-hydrogen) atoms. The summed E-state index contributed by atoms with van der Waals surface area (Å²) in [5.74, 6) is 0. The van der Waals surface area contributed by atoms with Crippen molar-refractivity contribution in [2.75, 3.05) is 7.05 Å². The molecule has 0 radical (unpaired) electrons. The summed E-state index contributed by atoms with van der Waals surface area (Å²) < 4.78 is 0. The van der Waals surface area contributed by atoms with Crippen molar-refractivity contribution in [3.05, 3.63) is 54.2 Å². The molecule has 1 atom stereocenters. The Hall–Kier alpha value is -1.67. The minimum Gasteiger partial charge on any atom is -0.313 e. The van der Waals surface area contributed by atoms with Crippen LogP contribution in [0.3, 0.4) is 0 Å². The van der Waals surface area contributed by atoms with Crippen molar-refractivity contribution < 1.29 is 0 Å². The number of rotatable bonds is 5. The molecule has 2 heteroatoms. The lowest BCUT2D eigenvalue weighted by Gasteiger charge is -2.17. The first-order chi connectivity index (χ1) is 8.70. The zero-order valence-corrected chi connectivity index (χ0v) is 11.1. The molecule has 2 rings (SSSR count). The van der Waals surface area contributed by atoms with Crippen LogP contribution < -0.4 is 5.32 Å². The van der Waals surface area contributed by atoms with Crippen LogP contribution in [0.1, 0.15) is 31.4 Å². The Labute approximate surface area is 109 Å². The van der Waals surface area contributed by atoms with E-state index in [4.69, 9.17) is 0 Å². The van der Waals surface area contributed by atoms with Gasteiger partial charge in [0.1, 0.15) is 0 Å². The van der Waals surface area contributed by atoms with Crippen LogP contribution in [-0.2, 0) is 0 Å². The van der Waals surface area contributed by atoms with Gasteiger partial charge in [0.15, 0.2) is 0 Å². The van der Waals surface area contributed by atoms with Gasteiger partial charge >= 0.3 is 0 Å². The highest BCUT2D eigenvalue weighted by molar-refractivity contribution is 5.79. The average molecular weight is 240 g/mol. The molecule has 0 fully saturated rings. The largest absolute Gasteiger partial charge is 0.313 e. The van der Waals surface area contributed by atoms with Crippen LogP contribution in [0.15, 0.2) is 48.7 Å². The fourth-order valence-corrected chi connectivity index (χ4v) is 2.18. The predicted molar refractivity (Wildman–Crippen MR) is 77.6 cm³/mol. The standard InChI is InChI=1S/C16H20N2/c1-12(2)6-8-15(17-3)14-7-9-16-13(11-14)5-4-10-18-16/h4-5,7,9-11,15,17H,1,6,8H2,2-3H3. The first kappa shape index (κ1) is 12.8. The van der Waals surface area contributed by atoms with E-state index < -0.39 is 0 Å². The molecular formula is C16H20N2. The van der Waals surface area contributed by atoms with Gasteiger partial charge in [0, 0.05) is 17.6 Å². The Morgan fingerprint density at radius 3 is 2.94 bits per heavy atom. The zero-order valence-electron chi connectivity index (χ0n) is 11.1. The van der Waals surface area contributed by atoms with Crippen LogP contribution in [0.25, 0.3) is 10.9 Å². The van der Waals surface area contributed by atoms with Crippen LogP contribution in [0.2, 0.25) is 0 Å². The average Bonchev–Trinajstić information content (AvgIpc) is 2.39. The molecule has 0 aliphatic heterocycles. The van der Waals surface area contributed by atoms with Crippen molar-refractivity contribution in [3.63, 3.8) is 0 Å². The number of aromatic nitrogens is 1. The second kappa shape index (κ2) is 5.78. The van der Waals surface area contributed by atoms with Gasteiger partial charge in [-0.25, -0.2) is 0 Å². The Balaban J connectivity index is 2.24. The molecule has 94 valence electrons. The summed E-state index contributed by atoms with van der Waals surface area (Å²) in [6.07, 6.45) is 3.97. The third kappa shape index (κ3) is 2.96. The Kier molecular flexibility index (Phi) is 4.11. The lowest BCUT2D eigenvalue weighted by Crippen LogP contribution is -2.16. The number of nitrogens with zero attached hydrogens (tertiary/aromatic N) is 1. The highest BCUT2D eigenvalue weighted by Crippen LogP contribution is 2.23. The van der Waals surface area contributed by atoms with E-state index in [-0.39, 0.29) is 0 Å². The van der Waals surface area contributed by atoms with E-state index >= 15 is 0 Å². The van der Waals surface area contributed by atoms with Crippen molar-refractivity contribution in [1.82, 2.24) is 10.3 Å². The summed E-state index contributed by atoms with van der Waals surface area (Å²) in [6, 6.07) is 10.9. The maximum absolute atomic E-state index is 4.35. The molecular weight excluding hydrogens is 220 g/mol. The van der Waals surface area contributed by atoms with Gasteiger partial charge in [0.2, 0.25) is 0 Å². The first-order valence-electron chi connectivity index (χ1n) is 6.37. The van der Waals surface area contributed by atoms with Crippen LogP contribution in [0, 0.1) is 0 Å². The monoisotopic (exact) mass is 240 g/mol. The van der Waals surface area contributed by atoms with Gasteiger partial charge in [-0.15, -0.1) is 6.58 Å². The van der Waals surface area contributed by atoms with E-state index in [0.29, 0.717) is 6.04 Å². The van der Waals surface area contributed by atoms with E-state index in [1.165, 1.54) is 16.5 Å². The highest BCUT2D eigenvalue weighted by atomic mass is 14.9. The number of hydrogen-bond acceptors (Lipinski definition) is 2. The molecule has 1 N–H and O–H groups in total. The summed E-state index contributed by atoms with van der Waals surface area (Å²) in [5, 5.41) is 4.58. The number of hydrogen-bond donors (Lipinski definition) is 1. The Morgan fingerprint density at radius 1 is 1.39 bits per heavy atom. The van der Waals surface area contributed by atoms with Gasteiger partial charge in [-0.3, -0.25) is 4.98 Å². The fourth-order valence-electron chi connectivity index (χ4n) is 2.18.